The Labute approximate surface area is 124 Å². The van der Waals surface area contributed by atoms with Crippen LogP contribution in [-0.2, 0) is 14.6 Å². The topological polar surface area (TPSA) is 60.4 Å². The third-order valence-corrected chi connectivity index (χ3v) is 4.38. The van der Waals surface area contributed by atoms with E-state index in [4.69, 9.17) is 4.74 Å². The number of rotatable bonds is 4. The van der Waals surface area contributed by atoms with Gasteiger partial charge in [0.25, 0.3) is 0 Å². The van der Waals surface area contributed by atoms with Crippen molar-refractivity contribution in [1.29, 1.82) is 0 Å². The molecular weight excluding hydrogens is 288 g/mol. The SMILES string of the molecule is CC(=O)Oc1ccc(C(c2ccccc2)S(C)(=O)=O)cc1. The van der Waals surface area contributed by atoms with E-state index in [1.807, 2.05) is 6.07 Å². The lowest BCUT2D eigenvalue weighted by Gasteiger charge is -2.16. The van der Waals surface area contributed by atoms with E-state index in [0.29, 0.717) is 16.9 Å². The van der Waals surface area contributed by atoms with Crippen LogP contribution in [0.4, 0.5) is 0 Å². The largest absolute Gasteiger partial charge is 0.427 e. The maximum Gasteiger partial charge on any atom is 0.308 e. The van der Waals surface area contributed by atoms with E-state index >= 15 is 0 Å². The van der Waals surface area contributed by atoms with Gasteiger partial charge in [0.15, 0.2) is 9.84 Å². The number of benzene rings is 2. The molecule has 0 bridgehead atoms. The van der Waals surface area contributed by atoms with Crippen molar-refractivity contribution in [2.24, 2.45) is 0 Å². The van der Waals surface area contributed by atoms with E-state index in [1.165, 1.54) is 13.2 Å². The van der Waals surface area contributed by atoms with Gasteiger partial charge in [-0.25, -0.2) is 8.42 Å². The minimum atomic E-state index is -3.31. The van der Waals surface area contributed by atoms with Crippen LogP contribution in [0.25, 0.3) is 0 Å². The second-order valence-electron chi connectivity index (χ2n) is 4.78. The molecule has 1 atom stereocenters. The number of esters is 1. The molecule has 0 radical (unpaired) electrons. The highest BCUT2D eigenvalue weighted by Crippen LogP contribution is 2.30. The normalized spacial score (nSPS) is 12.7. The third kappa shape index (κ3) is 3.92. The lowest BCUT2D eigenvalue weighted by molar-refractivity contribution is -0.131. The Morgan fingerprint density at radius 2 is 1.48 bits per heavy atom. The molecule has 0 aliphatic heterocycles. The fraction of sp³-hybridized carbons (Fsp3) is 0.188. The van der Waals surface area contributed by atoms with Crippen molar-refractivity contribution < 1.29 is 17.9 Å². The maximum atomic E-state index is 12.1. The van der Waals surface area contributed by atoms with Crippen LogP contribution >= 0.6 is 0 Å². The fourth-order valence-electron chi connectivity index (χ4n) is 2.19. The first-order chi connectivity index (χ1) is 9.88. The average molecular weight is 304 g/mol. The van der Waals surface area contributed by atoms with Gasteiger partial charge in [0.2, 0.25) is 0 Å². The smallest absolute Gasteiger partial charge is 0.308 e. The van der Waals surface area contributed by atoms with Gasteiger partial charge in [-0.1, -0.05) is 42.5 Å². The lowest BCUT2D eigenvalue weighted by Crippen LogP contribution is -2.13. The van der Waals surface area contributed by atoms with Crippen molar-refractivity contribution in [3.05, 3.63) is 65.7 Å². The van der Waals surface area contributed by atoms with Gasteiger partial charge >= 0.3 is 5.97 Å². The van der Waals surface area contributed by atoms with E-state index in [1.54, 1.807) is 48.5 Å². The van der Waals surface area contributed by atoms with Crippen molar-refractivity contribution >= 4 is 15.8 Å². The summed E-state index contributed by atoms with van der Waals surface area (Å²) in [6.45, 7) is 1.32. The molecule has 4 nitrogen and oxygen atoms in total. The number of sulfone groups is 1. The summed E-state index contributed by atoms with van der Waals surface area (Å²) < 4.78 is 29.2. The van der Waals surface area contributed by atoms with Gasteiger partial charge in [0.1, 0.15) is 11.0 Å². The molecule has 2 rings (SSSR count). The molecule has 0 fully saturated rings. The van der Waals surface area contributed by atoms with Crippen molar-refractivity contribution in [2.45, 2.75) is 12.2 Å². The second-order valence-corrected chi connectivity index (χ2v) is 6.91. The van der Waals surface area contributed by atoms with Gasteiger partial charge in [-0.2, -0.15) is 0 Å². The Kier molecular flexibility index (Phi) is 4.43. The number of hydrogen-bond donors (Lipinski definition) is 0. The second kappa shape index (κ2) is 6.10. The summed E-state index contributed by atoms with van der Waals surface area (Å²) in [4.78, 5) is 10.9. The molecule has 0 saturated carbocycles. The molecule has 110 valence electrons. The number of ether oxygens (including phenoxy) is 1. The minimum Gasteiger partial charge on any atom is -0.427 e. The molecule has 2 aromatic carbocycles. The van der Waals surface area contributed by atoms with Crippen LogP contribution in [-0.4, -0.2) is 20.6 Å². The van der Waals surface area contributed by atoms with E-state index in [9.17, 15) is 13.2 Å². The Morgan fingerprint density at radius 1 is 0.952 bits per heavy atom. The lowest BCUT2D eigenvalue weighted by atomic mass is 10.0. The maximum absolute atomic E-state index is 12.1. The van der Waals surface area contributed by atoms with Gasteiger partial charge in [-0.05, 0) is 23.3 Å². The van der Waals surface area contributed by atoms with Gasteiger partial charge in [-0.15, -0.1) is 0 Å². The molecule has 1 unspecified atom stereocenters. The molecule has 21 heavy (non-hydrogen) atoms. The summed E-state index contributed by atoms with van der Waals surface area (Å²) >= 11 is 0. The third-order valence-electron chi connectivity index (χ3n) is 2.97. The molecule has 0 heterocycles. The molecular formula is C16H16O4S. The quantitative estimate of drug-likeness (QED) is 0.643. The van der Waals surface area contributed by atoms with Crippen LogP contribution in [0.15, 0.2) is 54.6 Å². The van der Waals surface area contributed by atoms with Crippen molar-refractivity contribution in [2.75, 3.05) is 6.26 Å². The van der Waals surface area contributed by atoms with Crippen LogP contribution in [0.5, 0.6) is 5.75 Å². The molecule has 0 spiro atoms. The fourth-order valence-corrected chi connectivity index (χ4v) is 3.49. The predicted molar refractivity (Wildman–Crippen MR) is 80.9 cm³/mol. The first-order valence-corrected chi connectivity index (χ1v) is 8.35. The Morgan fingerprint density at radius 3 is 1.95 bits per heavy atom. The molecule has 5 heteroatoms. The molecule has 0 amide bonds. The molecule has 0 aliphatic rings. The van der Waals surface area contributed by atoms with E-state index < -0.39 is 21.1 Å². The monoisotopic (exact) mass is 304 g/mol. The molecule has 0 N–H and O–H groups in total. The number of carbonyl (C=O) groups excluding carboxylic acids is 1. The van der Waals surface area contributed by atoms with Crippen LogP contribution in [0.1, 0.15) is 23.3 Å². The zero-order valence-electron chi connectivity index (χ0n) is 11.8. The molecule has 0 saturated heterocycles. The summed E-state index contributed by atoms with van der Waals surface area (Å²) in [6, 6.07) is 15.5. The highest BCUT2D eigenvalue weighted by atomic mass is 32.2. The Hall–Kier alpha value is -2.14. The average Bonchev–Trinajstić information content (AvgIpc) is 2.40. The molecule has 0 aromatic heterocycles. The van der Waals surface area contributed by atoms with Gasteiger partial charge in [-0.3, -0.25) is 4.79 Å². The minimum absolute atomic E-state index is 0.395. The van der Waals surface area contributed by atoms with Gasteiger partial charge in [0, 0.05) is 13.2 Å². The summed E-state index contributed by atoms with van der Waals surface area (Å²) in [5, 5.41) is -0.731. The van der Waals surface area contributed by atoms with Crippen molar-refractivity contribution in [3.63, 3.8) is 0 Å². The highest BCUT2D eigenvalue weighted by Gasteiger charge is 2.24. The summed E-state index contributed by atoms with van der Waals surface area (Å²) in [6.07, 6.45) is 1.21. The van der Waals surface area contributed by atoms with Crippen molar-refractivity contribution in [1.82, 2.24) is 0 Å². The summed E-state index contributed by atoms with van der Waals surface area (Å²) in [5.41, 5.74) is 1.35. The van der Waals surface area contributed by atoms with Crippen LogP contribution in [0.3, 0.4) is 0 Å². The first kappa shape index (κ1) is 15.3. The number of hydrogen-bond acceptors (Lipinski definition) is 4. The molecule has 0 aliphatic carbocycles. The Balaban J connectivity index is 2.41. The molecule has 2 aromatic rings. The number of carbonyl (C=O) groups is 1. The summed E-state index contributed by atoms with van der Waals surface area (Å²) in [5.74, 6) is -0.0166. The van der Waals surface area contributed by atoms with E-state index in [2.05, 4.69) is 0 Å². The summed E-state index contributed by atoms with van der Waals surface area (Å²) in [7, 11) is -3.31. The van der Waals surface area contributed by atoms with Crippen LogP contribution in [0.2, 0.25) is 0 Å². The zero-order chi connectivity index (χ0) is 15.5. The van der Waals surface area contributed by atoms with E-state index in [-0.39, 0.29) is 0 Å². The van der Waals surface area contributed by atoms with Crippen LogP contribution in [0, 0.1) is 0 Å². The van der Waals surface area contributed by atoms with Gasteiger partial charge in [0.05, 0.1) is 0 Å². The standard InChI is InChI=1S/C16H16O4S/c1-12(17)20-15-10-8-14(9-11-15)16(21(2,18)19)13-6-4-3-5-7-13/h3-11,16H,1-2H3. The van der Waals surface area contributed by atoms with Crippen LogP contribution < -0.4 is 4.74 Å². The van der Waals surface area contributed by atoms with Crippen molar-refractivity contribution in [3.8, 4) is 5.75 Å². The zero-order valence-corrected chi connectivity index (χ0v) is 12.6. The predicted octanol–water partition coefficient (Wildman–Crippen LogP) is 2.75. The van der Waals surface area contributed by atoms with Gasteiger partial charge < -0.3 is 4.74 Å². The Bertz CT molecular complexity index is 719. The van der Waals surface area contributed by atoms with E-state index in [0.717, 1.165) is 0 Å². The first-order valence-electron chi connectivity index (χ1n) is 6.40. The highest BCUT2D eigenvalue weighted by molar-refractivity contribution is 7.91.